The molecule has 140 valence electrons. The number of thiophene rings is 1. The van der Waals surface area contributed by atoms with Crippen LogP contribution in [0.4, 0.5) is 10.1 Å². The molecule has 0 spiro atoms. The van der Waals surface area contributed by atoms with Crippen LogP contribution in [0.1, 0.15) is 15.2 Å². The molecule has 1 N–H and O–H groups in total. The first-order chi connectivity index (χ1) is 12.8. The molecule has 0 aliphatic heterocycles. The van der Waals surface area contributed by atoms with Crippen molar-refractivity contribution in [3.63, 3.8) is 0 Å². The molecule has 1 heterocycles. The summed E-state index contributed by atoms with van der Waals surface area (Å²) < 4.78 is 46.3. The zero-order valence-corrected chi connectivity index (χ0v) is 16.2. The Morgan fingerprint density at radius 1 is 1.07 bits per heavy atom. The second-order valence-electron chi connectivity index (χ2n) is 5.78. The first kappa shape index (κ1) is 19.1. The Hall–Kier alpha value is -2.71. The van der Waals surface area contributed by atoms with Gasteiger partial charge in [-0.1, -0.05) is 29.8 Å². The van der Waals surface area contributed by atoms with Gasteiger partial charge in [-0.25, -0.2) is 17.6 Å². The molecule has 1 aromatic heterocycles. The highest BCUT2D eigenvalue weighted by molar-refractivity contribution is 7.93. The van der Waals surface area contributed by atoms with Crippen molar-refractivity contribution >= 4 is 33.0 Å². The van der Waals surface area contributed by atoms with Gasteiger partial charge >= 0.3 is 5.97 Å². The van der Waals surface area contributed by atoms with Crippen molar-refractivity contribution in [1.82, 2.24) is 0 Å². The van der Waals surface area contributed by atoms with E-state index in [1.807, 2.05) is 19.1 Å². The molecule has 0 saturated carbocycles. The smallest absolute Gasteiger partial charge is 0.349 e. The van der Waals surface area contributed by atoms with Crippen molar-refractivity contribution < 1.29 is 22.3 Å². The maximum Gasteiger partial charge on any atom is 0.349 e. The van der Waals surface area contributed by atoms with E-state index in [0.717, 1.165) is 29.0 Å². The number of aryl methyl sites for hydroxylation is 1. The number of hydrogen-bond acceptors (Lipinski definition) is 5. The number of esters is 1. The minimum Gasteiger partial charge on any atom is -0.465 e. The van der Waals surface area contributed by atoms with Crippen LogP contribution >= 0.6 is 11.3 Å². The lowest BCUT2D eigenvalue weighted by atomic mass is 10.1. The van der Waals surface area contributed by atoms with E-state index in [-0.39, 0.29) is 15.5 Å². The molecule has 27 heavy (non-hydrogen) atoms. The summed E-state index contributed by atoms with van der Waals surface area (Å²) >= 11 is 0.994. The summed E-state index contributed by atoms with van der Waals surface area (Å²) in [5.74, 6) is -1.22. The standard InChI is InChI=1S/C19H16FNO4S2/c1-12-3-5-13(6-4-12)16-11-26-17(19(22)25-2)18(16)27(23,24)21-15-9-7-14(20)8-10-15/h3-11,21H,1-2H3. The number of hydrogen-bond donors (Lipinski definition) is 1. The molecular formula is C19H16FNO4S2. The largest absolute Gasteiger partial charge is 0.465 e. The Balaban J connectivity index is 2.13. The van der Waals surface area contributed by atoms with Crippen molar-refractivity contribution in [3.8, 4) is 11.1 Å². The van der Waals surface area contributed by atoms with Crippen LogP contribution in [0.25, 0.3) is 11.1 Å². The van der Waals surface area contributed by atoms with Gasteiger partial charge in [-0.15, -0.1) is 11.3 Å². The lowest BCUT2D eigenvalue weighted by molar-refractivity contribution is 0.0602. The molecule has 5 nitrogen and oxygen atoms in total. The van der Waals surface area contributed by atoms with Crippen LogP contribution in [0.5, 0.6) is 0 Å². The molecule has 8 heteroatoms. The van der Waals surface area contributed by atoms with Gasteiger partial charge in [0.1, 0.15) is 15.6 Å². The Labute approximate surface area is 160 Å². The van der Waals surface area contributed by atoms with Crippen molar-refractivity contribution in [2.24, 2.45) is 0 Å². The maximum absolute atomic E-state index is 13.1. The van der Waals surface area contributed by atoms with Crippen molar-refractivity contribution in [2.75, 3.05) is 11.8 Å². The topological polar surface area (TPSA) is 72.5 Å². The predicted octanol–water partition coefficient (Wildman–Crippen LogP) is 4.45. The number of anilines is 1. The predicted molar refractivity (Wildman–Crippen MR) is 103 cm³/mol. The van der Waals surface area contributed by atoms with E-state index in [4.69, 9.17) is 4.74 Å². The SMILES string of the molecule is COC(=O)c1scc(-c2ccc(C)cc2)c1S(=O)(=O)Nc1ccc(F)cc1. The van der Waals surface area contributed by atoms with Crippen LogP contribution in [0, 0.1) is 12.7 Å². The Morgan fingerprint density at radius 2 is 1.70 bits per heavy atom. The Bertz CT molecular complexity index is 1070. The number of sulfonamides is 1. The summed E-state index contributed by atoms with van der Waals surface area (Å²) in [6, 6.07) is 12.2. The fourth-order valence-corrected chi connectivity index (χ4v) is 5.28. The van der Waals surface area contributed by atoms with E-state index in [9.17, 15) is 17.6 Å². The maximum atomic E-state index is 13.1. The molecule has 0 amide bonds. The number of rotatable bonds is 5. The van der Waals surface area contributed by atoms with E-state index < -0.39 is 21.8 Å². The van der Waals surface area contributed by atoms with Crippen LogP contribution in [0.15, 0.2) is 58.8 Å². The van der Waals surface area contributed by atoms with Crippen LogP contribution in [-0.4, -0.2) is 21.5 Å². The van der Waals surface area contributed by atoms with E-state index in [2.05, 4.69) is 4.72 Å². The fraction of sp³-hybridized carbons (Fsp3) is 0.105. The average molecular weight is 405 g/mol. The molecule has 3 rings (SSSR count). The number of carbonyl (C=O) groups excluding carboxylic acids is 1. The van der Waals surface area contributed by atoms with Gasteiger partial charge in [-0.3, -0.25) is 4.72 Å². The van der Waals surface area contributed by atoms with Crippen LogP contribution < -0.4 is 4.72 Å². The van der Waals surface area contributed by atoms with Crippen molar-refractivity contribution in [2.45, 2.75) is 11.8 Å². The Kier molecular flexibility index (Phi) is 5.29. The zero-order chi connectivity index (χ0) is 19.6. The molecule has 0 unspecified atom stereocenters. The van der Waals surface area contributed by atoms with Crippen molar-refractivity contribution in [3.05, 3.63) is 70.2 Å². The summed E-state index contributed by atoms with van der Waals surface area (Å²) in [7, 11) is -2.93. The van der Waals surface area contributed by atoms with Gasteiger partial charge in [-0.05, 0) is 36.8 Å². The number of methoxy groups -OCH3 is 1. The lowest BCUT2D eigenvalue weighted by Crippen LogP contribution is -2.16. The summed E-state index contributed by atoms with van der Waals surface area (Å²) in [5, 5.41) is 1.61. The number of ether oxygens (including phenoxy) is 1. The third-order valence-electron chi connectivity index (χ3n) is 3.84. The minimum atomic E-state index is -4.12. The first-order valence-corrected chi connectivity index (χ1v) is 10.2. The van der Waals surface area contributed by atoms with E-state index in [1.54, 1.807) is 17.5 Å². The highest BCUT2D eigenvalue weighted by Gasteiger charge is 2.30. The number of halogens is 1. The van der Waals surface area contributed by atoms with E-state index >= 15 is 0 Å². The first-order valence-electron chi connectivity index (χ1n) is 7.87. The molecule has 2 aromatic carbocycles. The Morgan fingerprint density at radius 3 is 2.30 bits per heavy atom. The number of benzene rings is 2. The third-order valence-corrected chi connectivity index (χ3v) is 6.40. The summed E-state index contributed by atoms with van der Waals surface area (Å²) in [5.41, 5.74) is 2.27. The molecule has 0 aliphatic carbocycles. The second-order valence-corrected chi connectivity index (χ2v) is 8.28. The molecular weight excluding hydrogens is 389 g/mol. The number of nitrogens with one attached hydrogen (secondary N) is 1. The molecule has 0 saturated heterocycles. The lowest BCUT2D eigenvalue weighted by Gasteiger charge is -2.11. The van der Waals surface area contributed by atoms with Gasteiger partial charge in [-0.2, -0.15) is 0 Å². The second kappa shape index (κ2) is 7.50. The normalized spacial score (nSPS) is 11.2. The zero-order valence-electron chi connectivity index (χ0n) is 14.5. The van der Waals surface area contributed by atoms with Gasteiger partial charge in [0.15, 0.2) is 0 Å². The molecule has 0 bridgehead atoms. The fourth-order valence-electron chi connectivity index (χ4n) is 2.50. The quantitative estimate of drug-likeness (QED) is 0.637. The highest BCUT2D eigenvalue weighted by Crippen LogP contribution is 2.36. The average Bonchev–Trinajstić information content (AvgIpc) is 3.09. The van der Waals surface area contributed by atoms with Crippen LogP contribution in [-0.2, 0) is 14.8 Å². The number of carbonyl (C=O) groups is 1. The highest BCUT2D eigenvalue weighted by atomic mass is 32.2. The van der Waals surface area contributed by atoms with Gasteiger partial charge in [0.2, 0.25) is 0 Å². The van der Waals surface area contributed by atoms with E-state index in [0.29, 0.717) is 11.1 Å². The van der Waals surface area contributed by atoms with Crippen LogP contribution in [0.2, 0.25) is 0 Å². The van der Waals surface area contributed by atoms with Gasteiger partial charge < -0.3 is 4.74 Å². The van der Waals surface area contributed by atoms with Gasteiger partial charge in [0, 0.05) is 16.6 Å². The third kappa shape index (κ3) is 4.01. The monoisotopic (exact) mass is 405 g/mol. The van der Waals surface area contributed by atoms with Crippen molar-refractivity contribution in [1.29, 1.82) is 0 Å². The molecule has 0 radical (unpaired) electrons. The van der Waals surface area contributed by atoms with Gasteiger partial charge in [0.05, 0.1) is 7.11 Å². The molecule has 3 aromatic rings. The van der Waals surface area contributed by atoms with E-state index in [1.165, 1.54) is 19.2 Å². The summed E-state index contributed by atoms with van der Waals surface area (Å²) in [6.07, 6.45) is 0. The molecule has 0 fully saturated rings. The van der Waals surface area contributed by atoms with Gasteiger partial charge in [0.25, 0.3) is 10.0 Å². The molecule has 0 aliphatic rings. The minimum absolute atomic E-state index is 0.0253. The summed E-state index contributed by atoms with van der Waals surface area (Å²) in [6.45, 7) is 1.92. The molecule has 0 atom stereocenters. The summed E-state index contributed by atoms with van der Waals surface area (Å²) in [4.78, 5) is 11.9. The van der Waals surface area contributed by atoms with Crippen LogP contribution in [0.3, 0.4) is 0 Å².